The summed E-state index contributed by atoms with van der Waals surface area (Å²) in [5.74, 6) is -1.22. The van der Waals surface area contributed by atoms with Gasteiger partial charge in [-0.1, -0.05) is 6.42 Å². The monoisotopic (exact) mass is 372 g/mol. The van der Waals surface area contributed by atoms with Gasteiger partial charge in [0.2, 0.25) is 0 Å². The molecule has 0 aromatic rings. The SMILES string of the molecule is CC1(C)OCC(CC2OC3OC(C)(C)OC3C2OCCCCCC=O)O1. The topological polar surface area (TPSA) is 72.5 Å². The van der Waals surface area contributed by atoms with E-state index in [2.05, 4.69) is 0 Å². The van der Waals surface area contributed by atoms with E-state index in [9.17, 15) is 4.79 Å². The van der Waals surface area contributed by atoms with E-state index < -0.39 is 17.9 Å². The molecule has 150 valence electrons. The molecule has 0 saturated carbocycles. The molecule has 7 heteroatoms. The van der Waals surface area contributed by atoms with E-state index in [-0.39, 0.29) is 24.4 Å². The van der Waals surface area contributed by atoms with Crippen LogP contribution in [0.3, 0.4) is 0 Å². The summed E-state index contributed by atoms with van der Waals surface area (Å²) in [6, 6.07) is 0. The van der Waals surface area contributed by atoms with Gasteiger partial charge < -0.3 is 33.2 Å². The molecule has 0 spiro atoms. The zero-order valence-electron chi connectivity index (χ0n) is 16.3. The number of carbonyl (C=O) groups is 1. The van der Waals surface area contributed by atoms with Crippen LogP contribution < -0.4 is 0 Å². The normalized spacial score (nSPS) is 37.8. The fourth-order valence-electron chi connectivity index (χ4n) is 3.80. The maximum atomic E-state index is 10.4. The molecule has 0 aliphatic carbocycles. The highest BCUT2D eigenvalue weighted by molar-refractivity contribution is 5.48. The third-order valence-corrected chi connectivity index (χ3v) is 4.93. The van der Waals surface area contributed by atoms with Gasteiger partial charge in [-0.25, -0.2) is 0 Å². The van der Waals surface area contributed by atoms with Crippen LogP contribution in [-0.2, 0) is 33.2 Å². The molecule has 0 radical (unpaired) electrons. The van der Waals surface area contributed by atoms with E-state index in [0.29, 0.717) is 26.1 Å². The van der Waals surface area contributed by atoms with Crippen molar-refractivity contribution in [3.05, 3.63) is 0 Å². The summed E-state index contributed by atoms with van der Waals surface area (Å²) < 4.78 is 35.7. The van der Waals surface area contributed by atoms with Crippen LogP contribution in [0.1, 0.15) is 59.8 Å². The Kier molecular flexibility index (Phi) is 6.37. The maximum absolute atomic E-state index is 10.4. The van der Waals surface area contributed by atoms with Crippen molar-refractivity contribution in [3.8, 4) is 0 Å². The lowest BCUT2D eigenvalue weighted by Crippen LogP contribution is -2.39. The Morgan fingerprint density at radius 1 is 1.04 bits per heavy atom. The number of fused-ring (bicyclic) bond motifs is 1. The average molecular weight is 372 g/mol. The lowest BCUT2D eigenvalue weighted by molar-refractivity contribution is -0.222. The van der Waals surface area contributed by atoms with Crippen molar-refractivity contribution in [2.45, 2.75) is 102 Å². The van der Waals surface area contributed by atoms with Crippen molar-refractivity contribution in [1.82, 2.24) is 0 Å². The summed E-state index contributed by atoms with van der Waals surface area (Å²) in [5, 5.41) is 0. The predicted octanol–water partition coefficient (Wildman–Crippen LogP) is 2.55. The molecular weight excluding hydrogens is 340 g/mol. The van der Waals surface area contributed by atoms with Gasteiger partial charge in [0.05, 0.1) is 18.8 Å². The van der Waals surface area contributed by atoms with E-state index in [4.69, 9.17) is 28.4 Å². The van der Waals surface area contributed by atoms with Crippen molar-refractivity contribution in [1.29, 1.82) is 0 Å². The molecule has 0 bridgehead atoms. The summed E-state index contributed by atoms with van der Waals surface area (Å²) >= 11 is 0. The zero-order chi connectivity index (χ0) is 18.8. The van der Waals surface area contributed by atoms with E-state index >= 15 is 0 Å². The van der Waals surface area contributed by atoms with Crippen molar-refractivity contribution < 1.29 is 33.2 Å². The molecule has 0 aromatic heterocycles. The molecule has 5 unspecified atom stereocenters. The molecule has 7 nitrogen and oxygen atoms in total. The molecule has 3 rings (SSSR count). The molecule has 3 aliphatic rings. The van der Waals surface area contributed by atoms with Crippen LogP contribution in [-0.4, -0.2) is 61.8 Å². The predicted molar refractivity (Wildman–Crippen MR) is 92.5 cm³/mol. The van der Waals surface area contributed by atoms with Crippen molar-refractivity contribution in [2.75, 3.05) is 13.2 Å². The van der Waals surface area contributed by atoms with Gasteiger partial charge in [0, 0.05) is 19.4 Å². The van der Waals surface area contributed by atoms with Gasteiger partial charge in [0.1, 0.15) is 18.5 Å². The van der Waals surface area contributed by atoms with E-state index in [1.807, 2.05) is 27.7 Å². The largest absolute Gasteiger partial charge is 0.373 e. The van der Waals surface area contributed by atoms with Crippen molar-refractivity contribution >= 4 is 6.29 Å². The lowest BCUT2D eigenvalue weighted by Gasteiger charge is -2.27. The second-order valence-electron chi connectivity index (χ2n) is 8.18. The standard InChI is InChI=1S/C19H32O7/c1-18(2)22-12-13(24-18)11-14-15(21-10-8-6-5-7-9-20)16-17(23-14)26-19(3,4)25-16/h9,13-17H,5-8,10-12H2,1-4H3. The number of hydrogen-bond acceptors (Lipinski definition) is 7. The first-order valence-corrected chi connectivity index (χ1v) is 9.68. The Hall–Kier alpha value is -0.570. The second kappa shape index (κ2) is 8.20. The third kappa shape index (κ3) is 5.03. The van der Waals surface area contributed by atoms with Gasteiger partial charge in [-0.05, 0) is 40.5 Å². The van der Waals surface area contributed by atoms with Gasteiger partial charge in [-0.2, -0.15) is 0 Å². The van der Waals surface area contributed by atoms with Crippen LogP contribution in [0.4, 0.5) is 0 Å². The van der Waals surface area contributed by atoms with Crippen LogP contribution in [0.15, 0.2) is 0 Å². The molecule has 26 heavy (non-hydrogen) atoms. The minimum atomic E-state index is -0.666. The van der Waals surface area contributed by atoms with Crippen LogP contribution in [0.5, 0.6) is 0 Å². The summed E-state index contributed by atoms with van der Waals surface area (Å²) in [7, 11) is 0. The minimum Gasteiger partial charge on any atom is -0.373 e. The number of unbranched alkanes of at least 4 members (excludes halogenated alkanes) is 3. The number of carbonyl (C=O) groups excluding carboxylic acids is 1. The summed E-state index contributed by atoms with van der Waals surface area (Å²) in [6.07, 6.45) is 4.02. The Balaban J connectivity index is 1.54. The Labute approximate surface area is 155 Å². The van der Waals surface area contributed by atoms with Gasteiger partial charge in [0.15, 0.2) is 17.9 Å². The zero-order valence-corrected chi connectivity index (χ0v) is 16.3. The molecular formula is C19H32O7. The van der Waals surface area contributed by atoms with E-state index in [1.165, 1.54) is 0 Å². The average Bonchev–Trinajstić information content (AvgIpc) is 3.13. The highest BCUT2D eigenvalue weighted by Crippen LogP contribution is 2.41. The number of hydrogen-bond donors (Lipinski definition) is 0. The summed E-state index contributed by atoms with van der Waals surface area (Å²) in [5.41, 5.74) is 0. The smallest absolute Gasteiger partial charge is 0.190 e. The highest BCUT2D eigenvalue weighted by atomic mass is 16.8. The first-order valence-electron chi connectivity index (χ1n) is 9.68. The van der Waals surface area contributed by atoms with Crippen LogP contribution >= 0.6 is 0 Å². The van der Waals surface area contributed by atoms with Crippen LogP contribution in [0.25, 0.3) is 0 Å². The number of rotatable bonds is 9. The first-order chi connectivity index (χ1) is 12.3. The summed E-state index contributed by atoms with van der Waals surface area (Å²) in [4.78, 5) is 10.4. The second-order valence-corrected chi connectivity index (χ2v) is 8.18. The molecule has 0 aromatic carbocycles. The molecule has 5 atom stereocenters. The lowest BCUT2D eigenvalue weighted by atomic mass is 10.0. The van der Waals surface area contributed by atoms with Crippen molar-refractivity contribution in [3.63, 3.8) is 0 Å². The highest BCUT2D eigenvalue weighted by Gasteiger charge is 2.56. The Bertz CT molecular complexity index is 479. The van der Waals surface area contributed by atoms with Gasteiger partial charge in [-0.15, -0.1) is 0 Å². The fourth-order valence-corrected chi connectivity index (χ4v) is 3.80. The Morgan fingerprint density at radius 3 is 2.54 bits per heavy atom. The quantitative estimate of drug-likeness (QED) is 0.455. The van der Waals surface area contributed by atoms with E-state index in [1.54, 1.807) is 0 Å². The Morgan fingerprint density at radius 2 is 1.85 bits per heavy atom. The number of ether oxygens (including phenoxy) is 6. The van der Waals surface area contributed by atoms with Gasteiger partial charge >= 0.3 is 0 Å². The molecule has 0 N–H and O–H groups in total. The first kappa shape index (κ1) is 20.2. The molecule has 3 saturated heterocycles. The fraction of sp³-hybridized carbons (Fsp3) is 0.947. The number of aldehydes is 1. The van der Waals surface area contributed by atoms with Crippen LogP contribution in [0.2, 0.25) is 0 Å². The summed E-state index contributed by atoms with van der Waals surface area (Å²) in [6.45, 7) is 8.77. The molecule has 3 aliphatic heterocycles. The van der Waals surface area contributed by atoms with Gasteiger partial charge in [0.25, 0.3) is 0 Å². The van der Waals surface area contributed by atoms with Crippen molar-refractivity contribution in [2.24, 2.45) is 0 Å². The molecule has 3 fully saturated rings. The van der Waals surface area contributed by atoms with Gasteiger partial charge in [-0.3, -0.25) is 0 Å². The third-order valence-electron chi connectivity index (χ3n) is 4.93. The van der Waals surface area contributed by atoms with Crippen LogP contribution in [0, 0.1) is 0 Å². The molecule has 3 heterocycles. The van der Waals surface area contributed by atoms with E-state index in [0.717, 1.165) is 25.5 Å². The minimum absolute atomic E-state index is 0.0273. The maximum Gasteiger partial charge on any atom is 0.190 e. The molecule has 0 amide bonds.